The van der Waals surface area contributed by atoms with Gasteiger partial charge in [0.2, 0.25) is 0 Å². The van der Waals surface area contributed by atoms with Crippen LogP contribution >= 0.6 is 0 Å². The predicted octanol–water partition coefficient (Wildman–Crippen LogP) is 2.70. The van der Waals surface area contributed by atoms with E-state index in [9.17, 15) is 9.59 Å². The highest BCUT2D eigenvalue weighted by atomic mass is 16.6. The lowest BCUT2D eigenvalue weighted by Crippen LogP contribution is -2.31. The fraction of sp³-hybridized carbons (Fsp3) is 0.857. The van der Waals surface area contributed by atoms with E-state index in [1.54, 1.807) is 6.92 Å². The highest BCUT2D eigenvalue weighted by Crippen LogP contribution is 2.29. The highest BCUT2D eigenvalue weighted by molar-refractivity contribution is 5.77. The third-order valence-corrected chi connectivity index (χ3v) is 3.18. The van der Waals surface area contributed by atoms with Crippen LogP contribution in [0.5, 0.6) is 0 Å². The van der Waals surface area contributed by atoms with Crippen molar-refractivity contribution in [2.45, 2.75) is 65.6 Å². The monoisotopic (exact) mass is 256 g/mol. The molecular formula is C14H24O4. The molecule has 0 amide bonds. The van der Waals surface area contributed by atoms with Crippen LogP contribution in [0, 0.1) is 11.8 Å². The average molecular weight is 256 g/mol. The Balaban J connectivity index is 2.59. The summed E-state index contributed by atoms with van der Waals surface area (Å²) in [4.78, 5) is 23.4. The molecule has 1 saturated heterocycles. The molecule has 1 aliphatic rings. The summed E-state index contributed by atoms with van der Waals surface area (Å²) in [5, 5.41) is 0. The van der Waals surface area contributed by atoms with Crippen LogP contribution in [0.4, 0.5) is 0 Å². The summed E-state index contributed by atoms with van der Waals surface area (Å²) in [6, 6.07) is 0. The molecule has 0 radical (unpaired) electrons. The zero-order chi connectivity index (χ0) is 13.7. The molecule has 18 heavy (non-hydrogen) atoms. The van der Waals surface area contributed by atoms with Crippen LogP contribution in [0.2, 0.25) is 0 Å². The summed E-state index contributed by atoms with van der Waals surface area (Å²) >= 11 is 0. The van der Waals surface area contributed by atoms with Gasteiger partial charge >= 0.3 is 11.9 Å². The molecule has 1 rings (SSSR count). The standard InChI is InChI=1S/C14H24O4/c1-5-6-7-11-13(10(4)17-14(11)16)18-12(15)8-9(2)3/h9-11,13H,5-8H2,1-4H3/t10-,11+,13+/m0/s1. The first-order chi connectivity index (χ1) is 8.45. The van der Waals surface area contributed by atoms with E-state index >= 15 is 0 Å². The van der Waals surface area contributed by atoms with Crippen LogP contribution in [0.25, 0.3) is 0 Å². The number of hydrogen-bond donors (Lipinski definition) is 0. The summed E-state index contributed by atoms with van der Waals surface area (Å²) in [6.45, 7) is 7.80. The van der Waals surface area contributed by atoms with E-state index in [4.69, 9.17) is 9.47 Å². The Morgan fingerprint density at radius 2 is 2.11 bits per heavy atom. The van der Waals surface area contributed by atoms with E-state index < -0.39 is 6.10 Å². The second kappa shape index (κ2) is 6.76. The van der Waals surface area contributed by atoms with E-state index in [1.165, 1.54) is 0 Å². The van der Waals surface area contributed by atoms with Gasteiger partial charge in [0, 0.05) is 6.42 Å². The summed E-state index contributed by atoms with van der Waals surface area (Å²) in [7, 11) is 0. The molecule has 4 nitrogen and oxygen atoms in total. The molecule has 104 valence electrons. The molecule has 1 aliphatic heterocycles. The second-order valence-corrected chi connectivity index (χ2v) is 5.44. The third-order valence-electron chi connectivity index (χ3n) is 3.18. The van der Waals surface area contributed by atoms with Gasteiger partial charge in [-0.2, -0.15) is 0 Å². The Kier molecular flexibility index (Phi) is 5.63. The van der Waals surface area contributed by atoms with Crippen molar-refractivity contribution in [1.82, 2.24) is 0 Å². The van der Waals surface area contributed by atoms with Gasteiger partial charge in [-0.1, -0.05) is 33.6 Å². The van der Waals surface area contributed by atoms with E-state index in [0.717, 1.165) is 19.3 Å². The maximum atomic E-state index is 11.7. The normalized spacial score (nSPS) is 27.4. The fourth-order valence-electron chi connectivity index (χ4n) is 2.22. The van der Waals surface area contributed by atoms with E-state index in [-0.39, 0.29) is 29.9 Å². The average Bonchev–Trinajstić information content (AvgIpc) is 2.50. The van der Waals surface area contributed by atoms with Gasteiger partial charge in [0.15, 0.2) is 6.10 Å². The first kappa shape index (κ1) is 15.0. The van der Waals surface area contributed by atoms with Gasteiger partial charge in [0.25, 0.3) is 0 Å². The SMILES string of the molecule is CCCC[C@H]1C(=O)O[C@@H](C)[C@H]1OC(=O)CC(C)C. The van der Waals surface area contributed by atoms with Crippen LogP contribution in [0.3, 0.4) is 0 Å². The second-order valence-electron chi connectivity index (χ2n) is 5.44. The largest absolute Gasteiger partial charge is 0.458 e. The molecule has 4 heteroatoms. The molecule has 0 aromatic carbocycles. The van der Waals surface area contributed by atoms with Gasteiger partial charge in [0.05, 0.1) is 5.92 Å². The summed E-state index contributed by atoms with van der Waals surface area (Å²) in [5.74, 6) is -0.476. The molecule has 1 heterocycles. The van der Waals surface area contributed by atoms with Crippen molar-refractivity contribution in [3.05, 3.63) is 0 Å². The number of carbonyl (C=O) groups is 2. The lowest BCUT2D eigenvalue weighted by Gasteiger charge is -2.19. The number of carbonyl (C=O) groups excluding carboxylic acids is 2. The smallest absolute Gasteiger partial charge is 0.313 e. The molecule has 3 atom stereocenters. The zero-order valence-corrected chi connectivity index (χ0v) is 11.8. The maximum absolute atomic E-state index is 11.7. The lowest BCUT2D eigenvalue weighted by atomic mass is 9.95. The molecule has 0 aliphatic carbocycles. The van der Waals surface area contributed by atoms with E-state index in [1.807, 2.05) is 13.8 Å². The molecule has 0 unspecified atom stereocenters. The Labute approximate surface area is 109 Å². The van der Waals surface area contributed by atoms with Crippen molar-refractivity contribution in [1.29, 1.82) is 0 Å². The Morgan fingerprint density at radius 3 is 2.67 bits per heavy atom. The molecular weight excluding hydrogens is 232 g/mol. The van der Waals surface area contributed by atoms with Crippen LogP contribution in [0.15, 0.2) is 0 Å². The topological polar surface area (TPSA) is 52.6 Å². The molecule has 0 aromatic heterocycles. The van der Waals surface area contributed by atoms with Gasteiger partial charge in [-0.15, -0.1) is 0 Å². The number of hydrogen-bond acceptors (Lipinski definition) is 4. The van der Waals surface area contributed by atoms with Gasteiger partial charge < -0.3 is 9.47 Å². The molecule has 1 fully saturated rings. The minimum absolute atomic E-state index is 0.224. The van der Waals surface area contributed by atoms with Crippen molar-refractivity contribution in [3.8, 4) is 0 Å². The number of ether oxygens (including phenoxy) is 2. The highest BCUT2D eigenvalue weighted by Gasteiger charge is 2.44. The molecule has 0 saturated carbocycles. The van der Waals surface area contributed by atoms with E-state index in [0.29, 0.717) is 6.42 Å². The van der Waals surface area contributed by atoms with Crippen molar-refractivity contribution in [3.63, 3.8) is 0 Å². The molecule has 0 aromatic rings. The lowest BCUT2D eigenvalue weighted by molar-refractivity contribution is -0.154. The van der Waals surface area contributed by atoms with Gasteiger partial charge in [-0.05, 0) is 19.3 Å². The first-order valence-corrected chi connectivity index (χ1v) is 6.85. The van der Waals surface area contributed by atoms with Gasteiger partial charge in [-0.3, -0.25) is 9.59 Å². The van der Waals surface area contributed by atoms with Crippen LogP contribution in [0.1, 0.15) is 53.4 Å². The maximum Gasteiger partial charge on any atom is 0.313 e. The van der Waals surface area contributed by atoms with Crippen molar-refractivity contribution in [2.24, 2.45) is 11.8 Å². The molecule has 0 N–H and O–H groups in total. The van der Waals surface area contributed by atoms with Gasteiger partial charge in [0.1, 0.15) is 6.10 Å². The number of rotatable bonds is 6. The zero-order valence-electron chi connectivity index (χ0n) is 11.8. The minimum atomic E-state index is -0.407. The molecule has 0 spiro atoms. The number of unbranched alkanes of at least 4 members (excludes halogenated alkanes) is 1. The molecule has 0 bridgehead atoms. The first-order valence-electron chi connectivity index (χ1n) is 6.85. The van der Waals surface area contributed by atoms with Crippen LogP contribution in [-0.4, -0.2) is 24.1 Å². The third kappa shape index (κ3) is 4.00. The quantitative estimate of drug-likeness (QED) is 0.686. The van der Waals surface area contributed by atoms with Crippen molar-refractivity contribution < 1.29 is 19.1 Å². The van der Waals surface area contributed by atoms with Crippen molar-refractivity contribution >= 4 is 11.9 Å². The van der Waals surface area contributed by atoms with E-state index in [2.05, 4.69) is 6.92 Å². The van der Waals surface area contributed by atoms with Crippen LogP contribution < -0.4 is 0 Å². The summed E-state index contributed by atoms with van der Waals surface area (Å²) in [6.07, 6.45) is 2.36. The fourth-order valence-corrected chi connectivity index (χ4v) is 2.22. The Morgan fingerprint density at radius 1 is 1.44 bits per heavy atom. The van der Waals surface area contributed by atoms with Crippen LogP contribution in [-0.2, 0) is 19.1 Å². The number of esters is 2. The summed E-state index contributed by atoms with van der Waals surface area (Å²) < 4.78 is 10.6. The Hall–Kier alpha value is -1.06. The Bertz CT molecular complexity index is 298. The van der Waals surface area contributed by atoms with Gasteiger partial charge in [-0.25, -0.2) is 0 Å². The van der Waals surface area contributed by atoms with Crippen molar-refractivity contribution in [2.75, 3.05) is 0 Å². The minimum Gasteiger partial charge on any atom is -0.458 e. The predicted molar refractivity (Wildman–Crippen MR) is 67.9 cm³/mol. The summed E-state index contributed by atoms with van der Waals surface area (Å²) in [5.41, 5.74) is 0. The number of cyclic esters (lactones) is 1.